The molecule has 0 atom stereocenters. The molecule has 0 saturated heterocycles. The first-order valence-electron chi connectivity index (χ1n) is 8.38. The minimum Gasteiger partial charge on any atom is -0.308 e. The van der Waals surface area contributed by atoms with Crippen molar-refractivity contribution < 1.29 is 22.1 Å². The van der Waals surface area contributed by atoms with Gasteiger partial charge in [0.25, 0.3) is 0 Å². The Bertz CT molecular complexity index is 681. The van der Waals surface area contributed by atoms with Crippen molar-refractivity contribution in [2.45, 2.75) is 6.54 Å². The standard InChI is InChI=1S/C20H21N2P.CHO.ClH.Ru.H/c1-3-10-19(11-4-1)23(20-12-5-2-6-13-20)16-15-21-17-18-9-7-8-14-22-18;1-2;;;/h1-14,21H,15-17H2;1H;1H;;/q;-1;;+3;. The van der Waals surface area contributed by atoms with Gasteiger partial charge in [0.2, 0.25) is 0 Å². The maximum Gasteiger partial charge on any atom is 0.0967 e. The van der Waals surface area contributed by atoms with Crippen LogP contribution in [0.25, 0.3) is 0 Å². The summed E-state index contributed by atoms with van der Waals surface area (Å²) in [6.45, 7) is 5.09. The van der Waals surface area contributed by atoms with Crippen LogP contribution in [0, 0.1) is 0 Å². The molecule has 0 radical (unpaired) electrons. The summed E-state index contributed by atoms with van der Waals surface area (Å²) in [6, 6.07) is 27.9. The number of halogens is 1. The van der Waals surface area contributed by atoms with Crippen LogP contribution in [0.2, 0.25) is 0 Å². The van der Waals surface area contributed by atoms with Crippen LogP contribution in [0.15, 0.2) is 85.1 Å². The molecule has 6 heteroatoms. The summed E-state index contributed by atoms with van der Waals surface area (Å²) in [5, 5.41) is 6.49. The fourth-order valence-corrected chi connectivity index (χ4v) is 5.19. The summed E-state index contributed by atoms with van der Waals surface area (Å²) >= 11 is 1.62. The maximum absolute atomic E-state index is 7.75. The normalized spacial score (nSPS) is 9.59. The second kappa shape index (κ2) is 15.6. The third kappa shape index (κ3) is 8.86. The molecule has 0 saturated carbocycles. The molecule has 142 valence electrons. The Morgan fingerprint density at radius 3 is 1.85 bits per heavy atom. The number of aromatic nitrogens is 1. The predicted octanol–water partition coefficient (Wildman–Crippen LogP) is 3.18. The Labute approximate surface area is 177 Å². The molecule has 3 aromatic rings. The molecule has 3 nitrogen and oxygen atoms in total. The number of hydrogen-bond acceptors (Lipinski definition) is 3. The van der Waals surface area contributed by atoms with Gasteiger partial charge in [-0.3, -0.25) is 11.8 Å². The van der Waals surface area contributed by atoms with Gasteiger partial charge < -0.3 is 10.1 Å². The van der Waals surface area contributed by atoms with Gasteiger partial charge >= 0.3 is 27.0 Å². The molecule has 0 fully saturated rings. The molecular weight excluding hydrogens is 464 g/mol. The van der Waals surface area contributed by atoms with Crippen molar-refractivity contribution in [3.05, 3.63) is 90.8 Å². The van der Waals surface area contributed by atoms with E-state index in [1.807, 2.05) is 18.3 Å². The number of carbonyl (C=O) groups excluding carboxylic acids is 1. The molecule has 0 aliphatic heterocycles. The Balaban J connectivity index is 0.000000855. The summed E-state index contributed by atoms with van der Waals surface area (Å²) < 4.78 is 0. The third-order valence-electron chi connectivity index (χ3n) is 3.83. The fourth-order valence-electron chi connectivity index (χ4n) is 2.67. The monoisotopic (exact) mass is 488 g/mol. The number of benzene rings is 2. The van der Waals surface area contributed by atoms with Crippen molar-refractivity contribution in [3.63, 3.8) is 0 Å². The van der Waals surface area contributed by atoms with Gasteiger partial charge in [0, 0.05) is 19.3 Å². The van der Waals surface area contributed by atoms with Crippen molar-refractivity contribution in [2.24, 2.45) is 0 Å². The second-order valence-corrected chi connectivity index (χ2v) is 8.07. The topological polar surface area (TPSA) is 42.0 Å². The summed E-state index contributed by atoms with van der Waals surface area (Å²) in [7, 11) is 3.87. The van der Waals surface area contributed by atoms with Gasteiger partial charge in [-0.25, -0.2) is 0 Å². The zero-order chi connectivity index (χ0) is 19.7. The van der Waals surface area contributed by atoms with Gasteiger partial charge in [0.05, 0.1) is 30.4 Å². The molecule has 1 N–H and O–H groups in total. The first-order chi connectivity index (χ1) is 13.4. The summed E-state index contributed by atoms with van der Waals surface area (Å²) in [4.78, 5) is 12.1. The average molecular weight is 488 g/mol. The molecule has 1 aromatic heterocycles. The second-order valence-electron chi connectivity index (χ2n) is 5.46. The van der Waals surface area contributed by atoms with E-state index in [2.05, 4.69) is 93.5 Å². The van der Waals surface area contributed by atoms with Crippen molar-refractivity contribution in [2.75, 3.05) is 12.7 Å². The van der Waals surface area contributed by atoms with Crippen molar-refractivity contribution in [1.29, 1.82) is 0 Å². The molecule has 0 unspecified atom stereocenters. The van der Waals surface area contributed by atoms with Crippen LogP contribution in [0.1, 0.15) is 5.69 Å². The van der Waals surface area contributed by atoms with Gasteiger partial charge in [-0.05, 0) is 36.4 Å². The predicted molar refractivity (Wildman–Crippen MR) is 115 cm³/mol. The van der Waals surface area contributed by atoms with Gasteiger partial charge in [0.15, 0.2) is 0 Å². The van der Waals surface area contributed by atoms with Crippen LogP contribution in [-0.2, 0) is 28.7 Å². The minimum absolute atomic E-state index is 0.737. The minimum atomic E-state index is -0.737. The van der Waals surface area contributed by atoms with Crippen LogP contribution < -0.4 is 15.9 Å². The van der Waals surface area contributed by atoms with E-state index in [0.29, 0.717) is 0 Å². The zero-order valence-electron chi connectivity index (χ0n) is 14.9. The molecule has 27 heavy (non-hydrogen) atoms. The molecule has 2 aromatic carbocycles. The van der Waals surface area contributed by atoms with Crippen molar-refractivity contribution >= 4 is 35.0 Å². The summed E-state index contributed by atoms with van der Waals surface area (Å²) in [6.07, 6.45) is 3.02. The van der Waals surface area contributed by atoms with Gasteiger partial charge in [0.1, 0.15) is 0 Å². The molecule has 0 bridgehead atoms. The summed E-state index contributed by atoms with van der Waals surface area (Å²) in [5.74, 6) is 0. The van der Waals surface area contributed by atoms with E-state index < -0.39 is 7.92 Å². The number of hydrogen-bond donors (Lipinski definition) is 1. The van der Waals surface area contributed by atoms with Crippen LogP contribution in [0.3, 0.4) is 0 Å². The van der Waals surface area contributed by atoms with Crippen LogP contribution >= 0.6 is 17.6 Å². The number of rotatable bonds is 7. The average Bonchev–Trinajstić information content (AvgIpc) is 2.78. The van der Waals surface area contributed by atoms with Crippen molar-refractivity contribution in [3.8, 4) is 0 Å². The van der Waals surface area contributed by atoms with E-state index in [-0.39, 0.29) is 0 Å². The Hall–Kier alpha value is -1.44. The molecular formula is C21H24ClN2OPRu+2. The van der Waals surface area contributed by atoms with E-state index in [1.165, 1.54) is 16.8 Å². The van der Waals surface area contributed by atoms with E-state index in [0.717, 1.165) is 18.8 Å². The van der Waals surface area contributed by atoms with E-state index in [9.17, 15) is 0 Å². The van der Waals surface area contributed by atoms with Crippen LogP contribution in [0.5, 0.6) is 0 Å². The Morgan fingerprint density at radius 2 is 1.37 bits per heavy atom. The molecule has 0 spiro atoms. The molecule has 3 rings (SSSR count). The van der Waals surface area contributed by atoms with E-state index in [4.69, 9.17) is 4.79 Å². The van der Waals surface area contributed by atoms with E-state index >= 15 is 0 Å². The van der Waals surface area contributed by atoms with Crippen LogP contribution in [-0.4, -0.2) is 24.5 Å². The Morgan fingerprint density at radius 1 is 0.852 bits per heavy atom. The van der Waals surface area contributed by atoms with Gasteiger partial charge in [-0.15, -0.1) is 0 Å². The molecule has 0 aliphatic rings. The zero-order valence-corrected chi connectivity index (χ0v) is 18.5. The van der Waals surface area contributed by atoms with Crippen molar-refractivity contribution in [1.82, 2.24) is 10.3 Å². The fraction of sp³-hybridized carbons (Fsp3) is 0.143. The third-order valence-corrected chi connectivity index (χ3v) is 6.64. The maximum atomic E-state index is 7.75. The van der Waals surface area contributed by atoms with Crippen LogP contribution in [0.4, 0.5) is 0 Å². The molecule has 1 heterocycles. The molecule has 0 amide bonds. The smallest absolute Gasteiger partial charge is 0.0967 e. The Kier molecular flexibility index (Phi) is 13.6. The number of nitrogens with one attached hydrogen (secondary N) is 1. The van der Waals surface area contributed by atoms with E-state index in [1.54, 1.807) is 17.3 Å². The quantitative estimate of drug-likeness (QED) is 0.183. The van der Waals surface area contributed by atoms with Gasteiger partial charge in [-0.2, -0.15) is 0 Å². The largest absolute Gasteiger partial charge is 0.308 e. The first-order valence-corrected chi connectivity index (χ1v) is 12.5. The molecule has 0 aliphatic carbocycles. The summed E-state index contributed by atoms with van der Waals surface area (Å²) in [5.41, 5.74) is 1.10. The number of nitrogens with zero attached hydrogens (tertiary/aromatic N) is 1. The van der Waals surface area contributed by atoms with Gasteiger partial charge in [-0.1, -0.05) is 42.5 Å². The SMILES string of the molecule is [CH-]=O.[Cl][RuH+2].c1ccc([PH+](CCNCc2ccccn2)c2ccccc2)cc1. The first kappa shape index (κ1) is 23.6. The number of pyridine rings is 1.